The van der Waals surface area contributed by atoms with Gasteiger partial charge in [-0.25, -0.2) is 4.68 Å². The average Bonchev–Trinajstić information content (AvgIpc) is 2.91. The first-order valence-electron chi connectivity index (χ1n) is 7.08. The van der Waals surface area contributed by atoms with Gasteiger partial charge in [0.1, 0.15) is 4.47 Å². The molecule has 0 unspecified atom stereocenters. The molecule has 0 amide bonds. The van der Waals surface area contributed by atoms with E-state index >= 15 is 0 Å². The number of hydrogen-bond acceptors (Lipinski definition) is 4. The van der Waals surface area contributed by atoms with Gasteiger partial charge in [0.05, 0.1) is 11.9 Å². The molecule has 6 heteroatoms. The molecule has 4 nitrogen and oxygen atoms in total. The highest BCUT2D eigenvalue weighted by Crippen LogP contribution is 2.21. The Morgan fingerprint density at radius 1 is 1.38 bits per heavy atom. The maximum Gasteiger partial charge on any atom is 0.283 e. The third-order valence-corrected chi connectivity index (χ3v) is 5.04. The zero-order valence-electron chi connectivity index (χ0n) is 12.5. The molecular weight excluding hydrogens is 350 g/mol. The fourth-order valence-corrected chi connectivity index (χ4v) is 3.30. The smallest absolute Gasteiger partial charge is 0.283 e. The lowest BCUT2D eigenvalue weighted by Crippen LogP contribution is -2.26. The van der Waals surface area contributed by atoms with Crippen molar-refractivity contribution in [2.24, 2.45) is 5.92 Å². The van der Waals surface area contributed by atoms with Crippen LogP contribution in [0.3, 0.4) is 0 Å². The number of rotatable bonds is 6. The van der Waals surface area contributed by atoms with Crippen LogP contribution in [0.1, 0.15) is 30.5 Å². The molecule has 2 aromatic rings. The summed E-state index contributed by atoms with van der Waals surface area (Å²) in [4.78, 5) is 14.8. The van der Waals surface area contributed by atoms with Gasteiger partial charge in [-0.1, -0.05) is 20.8 Å². The summed E-state index contributed by atoms with van der Waals surface area (Å²) in [6, 6.07) is 4.27. The summed E-state index contributed by atoms with van der Waals surface area (Å²) in [5.41, 5.74) is 0.653. The maximum absolute atomic E-state index is 12.2. The van der Waals surface area contributed by atoms with Crippen LogP contribution in [0.2, 0.25) is 0 Å². The second-order valence-electron chi connectivity index (χ2n) is 5.33. The summed E-state index contributed by atoms with van der Waals surface area (Å²) in [6.45, 7) is 7.62. The number of aromatic nitrogens is 2. The molecule has 0 spiro atoms. The quantitative estimate of drug-likeness (QED) is 0.839. The van der Waals surface area contributed by atoms with Crippen LogP contribution in [0, 0.1) is 5.92 Å². The Labute approximate surface area is 137 Å². The summed E-state index contributed by atoms with van der Waals surface area (Å²) in [6.07, 6.45) is 2.77. The van der Waals surface area contributed by atoms with Crippen LogP contribution in [0.15, 0.2) is 27.6 Å². The van der Waals surface area contributed by atoms with Crippen LogP contribution in [0.4, 0.5) is 5.69 Å². The molecule has 0 aliphatic carbocycles. The van der Waals surface area contributed by atoms with Crippen LogP contribution in [-0.2, 0) is 19.5 Å². The van der Waals surface area contributed by atoms with Crippen molar-refractivity contribution in [2.75, 3.05) is 5.32 Å². The molecule has 2 heterocycles. The molecule has 0 saturated heterocycles. The van der Waals surface area contributed by atoms with Gasteiger partial charge in [0.15, 0.2) is 0 Å². The minimum absolute atomic E-state index is 0.0888. The molecule has 0 radical (unpaired) electrons. The zero-order chi connectivity index (χ0) is 15.4. The summed E-state index contributed by atoms with van der Waals surface area (Å²) < 4.78 is 2.05. The topological polar surface area (TPSA) is 46.9 Å². The molecule has 0 saturated carbocycles. The first-order valence-corrected chi connectivity index (χ1v) is 8.69. The highest BCUT2D eigenvalue weighted by Gasteiger charge is 2.10. The van der Waals surface area contributed by atoms with Gasteiger partial charge in [-0.05, 0) is 40.4 Å². The van der Waals surface area contributed by atoms with Gasteiger partial charge in [-0.3, -0.25) is 4.79 Å². The van der Waals surface area contributed by atoms with Crippen molar-refractivity contribution in [2.45, 2.75) is 40.3 Å². The van der Waals surface area contributed by atoms with Gasteiger partial charge >= 0.3 is 0 Å². The lowest BCUT2D eigenvalue weighted by molar-refractivity contribution is 0.462. The Hall–Kier alpha value is -1.14. The van der Waals surface area contributed by atoms with E-state index in [4.69, 9.17) is 0 Å². The van der Waals surface area contributed by atoms with E-state index in [-0.39, 0.29) is 5.56 Å². The molecule has 0 aliphatic heterocycles. The van der Waals surface area contributed by atoms with Crippen LogP contribution >= 0.6 is 27.3 Å². The highest BCUT2D eigenvalue weighted by atomic mass is 79.9. The first kappa shape index (κ1) is 16.2. The SMILES string of the molecule is CCc1ccc(CNc2cnn(CC(C)C)c(=O)c2Br)s1. The van der Waals surface area contributed by atoms with Gasteiger partial charge in [-0.15, -0.1) is 11.3 Å². The Bertz CT molecular complexity index is 663. The molecule has 0 aromatic carbocycles. The van der Waals surface area contributed by atoms with E-state index in [1.165, 1.54) is 14.4 Å². The number of nitrogens with one attached hydrogen (secondary N) is 1. The average molecular weight is 370 g/mol. The Morgan fingerprint density at radius 3 is 2.71 bits per heavy atom. The summed E-state index contributed by atoms with van der Waals surface area (Å²) in [5.74, 6) is 0.388. The van der Waals surface area contributed by atoms with E-state index in [0.29, 0.717) is 23.5 Å². The molecule has 0 fully saturated rings. The van der Waals surface area contributed by atoms with Crippen molar-refractivity contribution < 1.29 is 0 Å². The number of halogens is 1. The number of hydrogen-bond donors (Lipinski definition) is 1. The third-order valence-electron chi connectivity index (χ3n) is 3.04. The second-order valence-corrected chi connectivity index (χ2v) is 7.37. The van der Waals surface area contributed by atoms with Crippen molar-refractivity contribution >= 4 is 33.0 Å². The Kier molecular flexibility index (Phi) is 5.58. The molecule has 0 atom stereocenters. The molecule has 114 valence electrons. The van der Waals surface area contributed by atoms with Gasteiger partial charge < -0.3 is 5.32 Å². The van der Waals surface area contributed by atoms with Crippen molar-refractivity contribution in [1.29, 1.82) is 0 Å². The van der Waals surface area contributed by atoms with Crippen LogP contribution in [0.25, 0.3) is 0 Å². The summed E-state index contributed by atoms with van der Waals surface area (Å²) in [5, 5.41) is 7.50. The number of nitrogens with zero attached hydrogens (tertiary/aromatic N) is 2. The molecule has 21 heavy (non-hydrogen) atoms. The Morgan fingerprint density at radius 2 is 2.10 bits per heavy atom. The third kappa shape index (κ3) is 4.17. The number of anilines is 1. The lowest BCUT2D eigenvalue weighted by Gasteiger charge is -2.11. The predicted molar refractivity (Wildman–Crippen MR) is 92.1 cm³/mol. The standard InChI is InChI=1S/C15H20BrN3OS/c1-4-11-5-6-12(21-11)7-17-13-8-18-19(9-10(2)3)15(20)14(13)16/h5-6,8,10,17H,4,7,9H2,1-3H3. The van der Waals surface area contributed by atoms with E-state index in [0.717, 1.165) is 12.1 Å². The van der Waals surface area contributed by atoms with Crippen LogP contribution < -0.4 is 10.9 Å². The molecule has 2 rings (SSSR count). The fraction of sp³-hybridized carbons (Fsp3) is 0.467. The van der Waals surface area contributed by atoms with Crippen molar-refractivity contribution in [3.05, 3.63) is 42.9 Å². The van der Waals surface area contributed by atoms with Crippen LogP contribution in [-0.4, -0.2) is 9.78 Å². The van der Waals surface area contributed by atoms with E-state index in [9.17, 15) is 4.79 Å². The zero-order valence-corrected chi connectivity index (χ0v) is 14.9. The number of thiophene rings is 1. The summed E-state index contributed by atoms with van der Waals surface area (Å²) >= 11 is 5.17. The fourth-order valence-electron chi connectivity index (χ4n) is 1.95. The molecule has 1 N–H and O–H groups in total. The minimum atomic E-state index is -0.0888. The summed E-state index contributed by atoms with van der Waals surface area (Å²) in [7, 11) is 0. The maximum atomic E-state index is 12.2. The van der Waals surface area contributed by atoms with Crippen molar-refractivity contribution in [3.63, 3.8) is 0 Å². The number of aryl methyl sites for hydroxylation is 1. The highest BCUT2D eigenvalue weighted by molar-refractivity contribution is 9.10. The first-order chi connectivity index (χ1) is 10.0. The monoisotopic (exact) mass is 369 g/mol. The van der Waals surface area contributed by atoms with E-state index in [1.807, 2.05) is 0 Å². The van der Waals surface area contributed by atoms with E-state index in [1.54, 1.807) is 17.5 Å². The van der Waals surface area contributed by atoms with Crippen molar-refractivity contribution in [3.8, 4) is 0 Å². The molecule has 0 bridgehead atoms. The van der Waals surface area contributed by atoms with Crippen molar-refractivity contribution in [1.82, 2.24) is 9.78 Å². The van der Waals surface area contributed by atoms with Gasteiger partial charge in [-0.2, -0.15) is 5.10 Å². The molecular formula is C15H20BrN3OS. The van der Waals surface area contributed by atoms with Gasteiger partial charge in [0, 0.05) is 22.8 Å². The second kappa shape index (κ2) is 7.22. The molecule has 2 aromatic heterocycles. The predicted octanol–water partition coefficient (Wildman–Crippen LogP) is 3.90. The minimum Gasteiger partial charge on any atom is -0.378 e. The Balaban J connectivity index is 2.10. The van der Waals surface area contributed by atoms with Gasteiger partial charge in [0.2, 0.25) is 0 Å². The molecule has 0 aliphatic rings. The van der Waals surface area contributed by atoms with E-state index in [2.05, 4.69) is 59.2 Å². The largest absolute Gasteiger partial charge is 0.378 e. The van der Waals surface area contributed by atoms with Crippen LogP contribution in [0.5, 0.6) is 0 Å². The lowest BCUT2D eigenvalue weighted by atomic mass is 10.2. The van der Waals surface area contributed by atoms with E-state index < -0.39 is 0 Å². The van der Waals surface area contributed by atoms with Gasteiger partial charge in [0.25, 0.3) is 5.56 Å². The normalized spacial score (nSPS) is 11.1.